The van der Waals surface area contributed by atoms with Gasteiger partial charge in [-0.25, -0.2) is 8.42 Å². The van der Waals surface area contributed by atoms with Crippen molar-refractivity contribution in [2.75, 3.05) is 13.1 Å². The molecule has 1 fully saturated rings. The zero-order valence-electron chi connectivity index (χ0n) is 15.0. The van der Waals surface area contributed by atoms with Crippen LogP contribution in [0.15, 0.2) is 41.3 Å². The van der Waals surface area contributed by atoms with Crippen LogP contribution in [-0.4, -0.2) is 35.9 Å². The first kappa shape index (κ1) is 18.8. The Morgan fingerprint density at radius 3 is 2.42 bits per heavy atom. The maximum absolute atomic E-state index is 12.6. The summed E-state index contributed by atoms with van der Waals surface area (Å²) in [5, 5.41) is 13.0. The number of rotatable bonds is 6. The first-order valence-electron chi connectivity index (χ1n) is 8.92. The topological polar surface area (TPSA) is 82.5 Å². The number of sulfonamides is 1. The lowest BCUT2D eigenvalue weighted by Gasteiger charge is -2.25. The Bertz CT molecular complexity index is 845. The van der Waals surface area contributed by atoms with Gasteiger partial charge < -0.3 is 10.4 Å². The SMILES string of the molecule is Cc1ccc(O)c(CNCc2ccc(S(=O)(=O)N3CCCCC3)cc2)n1. The van der Waals surface area contributed by atoms with Gasteiger partial charge in [0, 0.05) is 31.9 Å². The van der Waals surface area contributed by atoms with Gasteiger partial charge in [-0.15, -0.1) is 0 Å². The molecule has 1 aliphatic heterocycles. The fourth-order valence-corrected chi connectivity index (χ4v) is 4.61. The van der Waals surface area contributed by atoms with Crippen LogP contribution in [0.25, 0.3) is 0 Å². The van der Waals surface area contributed by atoms with Crippen molar-refractivity contribution in [3.8, 4) is 5.75 Å². The van der Waals surface area contributed by atoms with E-state index in [9.17, 15) is 13.5 Å². The van der Waals surface area contributed by atoms with Crippen molar-refractivity contribution >= 4 is 10.0 Å². The second-order valence-electron chi connectivity index (χ2n) is 6.63. The van der Waals surface area contributed by atoms with Gasteiger partial charge in [0.2, 0.25) is 10.0 Å². The van der Waals surface area contributed by atoms with Crippen molar-refractivity contribution in [2.45, 2.75) is 44.2 Å². The van der Waals surface area contributed by atoms with Gasteiger partial charge in [-0.3, -0.25) is 4.98 Å². The van der Waals surface area contributed by atoms with E-state index in [4.69, 9.17) is 0 Å². The van der Waals surface area contributed by atoms with Crippen LogP contribution in [0.3, 0.4) is 0 Å². The number of piperidine rings is 1. The van der Waals surface area contributed by atoms with Gasteiger partial charge in [0.15, 0.2) is 0 Å². The molecule has 1 aromatic heterocycles. The summed E-state index contributed by atoms with van der Waals surface area (Å²) in [6.45, 7) is 4.11. The molecule has 1 aromatic carbocycles. The maximum atomic E-state index is 12.6. The summed E-state index contributed by atoms with van der Waals surface area (Å²) in [6.07, 6.45) is 2.96. The number of nitrogens with zero attached hydrogens (tertiary/aromatic N) is 2. The molecule has 1 saturated heterocycles. The smallest absolute Gasteiger partial charge is 0.243 e. The van der Waals surface area contributed by atoms with Crippen molar-refractivity contribution in [2.24, 2.45) is 0 Å². The number of aromatic nitrogens is 1. The van der Waals surface area contributed by atoms with Crippen LogP contribution in [0.1, 0.15) is 36.2 Å². The molecule has 0 saturated carbocycles. The van der Waals surface area contributed by atoms with Crippen molar-refractivity contribution in [3.63, 3.8) is 0 Å². The molecule has 2 N–H and O–H groups in total. The van der Waals surface area contributed by atoms with Gasteiger partial charge in [-0.1, -0.05) is 18.6 Å². The van der Waals surface area contributed by atoms with E-state index in [0.717, 1.165) is 30.5 Å². The summed E-state index contributed by atoms with van der Waals surface area (Å²) in [4.78, 5) is 4.65. The van der Waals surface area contributed by atoms with E-state index in [0.29, 0.717) is 36.8 Å². The molecule has 26 heavy (non-hydrogen) atoms. The lowest BCUT2D eigenvalue weighted by atomic mass is 10.2. The number of hydrogen-bond acceptors (Lipinski definition) is 5. The minimum atomic E-state index is -3.38. The number of pyridine rings is 1. The molecule has 0 atom stereocenters. The third kappa shape index (κ3) is 4.41. The first-order valence-corrected chi connectivity index (χ1v) is 10.4. The molecule has 1 aliphatic rings. The molecule has 7 heteroatoms. The maximum Gasteiger partial charge on any atom is 0.243 e. The first-order chi connectivity index (χ1) is 12.5. The fourth-order valence-electron chi connectivity index (χ4n) is 3.09. The number of nitrogens with one attached hydrogen (secondary N) is 1. The van der Waals surface area contributed by atoms with Crippen LogP contribution in [0.2, 0.25) is 0 Å². The lowest BCUT2D eigenvalue weighted by Crippen LogP contribution is -2.35. The van der Waals surface area contributed by atoms with Crippen LogP contribution < -0.4 is 5.32 Å². The van der Waals surface area contributed by atoms with Crippen LogP contribution in [0.4, 0.5) is 0 Å². The van der Waals surface area contributed by atoms with Gasteiger partial charge in [0.25, 0.3) is 0 Å². The highest BCUT2D eigenvalue weighted by molar-refractivity contribution is 7.89. The molecule has 0 radical (unpaired) electrons. The average Bonchev–Trinajstić information content (AvgIpc) is 2.66. The molecule has 0 aliphatic carbocycles. The molecule has 0 amide bonds. The van der Waals surface area contributed by atoms with Gasteiger partial charge >= 0.3 is 0 Å². The van der Waals surface area contributed by atoms with Crippen molar-refractivity contribution in [1.82, 2.24) is 14.6 Å². The standard InChI is InChI=1S/C19H25N3O3S/c1-15-5-10-19(23)18(21-15)14-20-13-16-6-8-17(9-7-16)26(24,25)22-11-3-2-4-12-22/h5-10,20,23H,2-4,11-14H2,1H3. The minimum Gasteiger partial charge on any atom is -0.506 e. The largest absolute Gasteiger partial charge is 0.506 e. The second-order valence-corrected chi connectivity index (χ2v) is 8.57. The zero-order chi connectivity index (χ0) is 18.6. The van der Waals surface area contributed by atoms with E-state index in [1.54, 1.807) is 28.6 Å². The number of benzene rings is 1. The molecule has 0 bridgehead atoms. The van der Waals surface area contributed by atoms with E-state index < -0.39 is 10.0 Å². The highest BCUT2D eigenvalue weighted by Crippen LogP contribution is 2.21. The summed E-state index contributed by atoms with van der Waals surface area (Å²) in [5.74, 6) is 0.172. The summed E-state index contributed by atoms with van der Waals surface area (Å²) >= 11 is 0. The Morgan fingerprint density at radius 2 is 1.73 bits per heavy atom. The van der Waals surface area contributed by atoms with Crippen molar-refractivity contribution in [1.29, 1.82) is 0 Å². The predicted octanol–water partition coefficient (Wildman–Crippen LogP) is 2.56. The Kier molecular flexibility index (Phi) is 5.90. The predicted molar refractivity (Wildman–Crippen MR) is 100 cm³/mol. The third-order valence-corrected chi connectivity index (χ3v) is 6.50. The molecular formula is C19H25N3O3S. The lowest BCUT2D eigenvalue weighted by molar-refractivity contribution is 0.346. The fraction of sp³-hybridized carbons (Fsp3) is 0.421. The van der Waals surface area contributed by atoms with Crippen LogP contribution in [0, 0.1) is 6.92 Å². The number of aromatic hydroxyl groups is 1. The number of hydrogen-bond donors (Lipinski definition) is 2. The Morgan fingerprint density at radius 1 is 1.04 bits per heavy atom. The van der Waals surface area contributed by atoms with E-state index in [1.165, 1.54) is 0 Å². The van der Waals surface area contributed by atoms with Gasteiger partial charge in [-0.05, 0) is 49.6 Å². The molecule has 6 nitrogen and oxygen atoms in total. The summed E-state index contributed by atoms with van der Waals surface area (Å²) < 4.78 is 26.9. The molecule has 2 heterocycles. The van der Waals surface area contributed by atoms with E-state index in [-0.39, 0.29) is 5.75 Å². The van der Waals surface area contributed by atoms with Gasteiger partial charge in [0.05, 0.1) is 10.6 Å². The summed E-state index contributed by atoms with van der Waals surface area (Å²) in [7, 11) is -3.38. The highest BCUT2D eigenvalue weighted by atomic mass is 32.2. The quantitative estimate of drug-likeness (QED) is 0.811. The second kappa shape index (κ2) is 8.16. The van der Waals surface area contributed by atoms with Crippen molar-refractivity contribution < 1.29 is 13.5 Å². The normalized spacial score (nSPS) is 15.9. The molecule has 2 aromatic rings. The van der Waals surface area contributed by atoms with Gasteiger partial charge in [0.1, 0.15) is 5.75 Å². The molecule has 0 spiro atoms. The molecule has 140 valence electrons. The Labute approximate surface area is 154 Å². The van der Waals surface area contributed by atoms with E-state index in [1.807, 2.05) is 19.1 Å². The Balaban J connectivity index is 1.60. The summed E-state index contributed by atoms with van der Waals surface area (Å²) in [5.41, 5.74) is 2.44. The van der Waals surface area contributed by atoms with Crippen LogP contribution in [0.5, 0.6) is 5.75 Å². The Hall–Kier alpha value is -1.96. The average molecular weight is 375 g/mol. The van der Waals surface area contributed by atoms with Crippen molar-refractivity contribution in [3.05, 3.63) is 53.3 Å². The summed E-state index contributed by atoms with van der Waals surface area (Å²) in [6, 6.07) is 10.4. The highest BCUT2D eigenvalue weighted by Gasteiger charge is 2.25. The van der Waals surface area contributed by atoms with Gasteiger partial charge in [-0.2, -0.15) is 4.31 Å². The minimum absolute atomic E-state index is 0.172. The molecular weight excluding hydrogens is 350 g/mol. The van der Waals surface area contributed by atoms with Crippen LogP contribution >= 0.6 is 0 Å². The number of aryl methyl sites for hydroxylation is 1. The molecule has 0 unspecified atom stereocenters. The zero-order valence-corrected chi connectivity index (χ0v) is 15.8. The third-order valence-electron chi connectivity index (χ3n) is 4.59. The van der Waals surface area contributed by atoms with E-state index >= 15 is 0 Å². The monoisotopic (exact) mass is 375 g/mol. The van der Waals surface area contributed by atoms with Crippen LogP contribution in [-0.2, 0) is 23.1 Å². The van der Waals surface area contributed by atoms with E-state index in [2.05, 4.69) is 10.3 Å². The molecule has 3 rings (SSSR count).